The third-order valence-electron chi connectivity index (χ3n) is 12.5. The summed E-state index contributed by atoms with van der Waals surface area (Å²) in [5, 5.41) is 9.99. The Morgan fingerprint density at radius 1 is 0.388 bits per heavy atom. The summed E-state index contributed by atoms with van der Waals surface area (Å²) in [4.78, 5) is 38.7. The number of nitrogens with zero attached hydrogens (tertiary/aromatic N) is 6. The molecule has 0 spiro atoms. The number of nitrogens with one attached hydrogen (secondary N) is 1. The van der Waals surface area contributed by atoms with Crippen molar-refractivity contribution in [3.63, 3.8) is 0 Å². The standard InChI is InChI=1S/C34H51N3O.2C12H8N2.Ru/c1-2-3-4-5-6-7-8-9-10-11-12-13-14-15-16-22-32(38)35-26-18-17-20-29-25-28-37-34-31(29)24-23-30-21-19-27-36-33(30)34;2*1-3-9-5-6-10-4-2-8-14-12(10)11(9)13-7-1;/h19,21,23-25,27-28H,2-18,20,22,26H2,1H3,(H,35,38);2*1-8H;. The molecule has 0 unspecified atom stereocenters. The van der Waals surface area contributed by atoms with Gasteiger partial charge in [-0.3, -0.25) is 34.7 Å². The van der Waals surface area contributed by atoms with Crippen LogP contribution in [0.5, 0.6) is 0 Å². The Morgan fingerprint density at radius 2 is 0.746 bits per heavy atom. The molecule has 0 saturated carbocycles. The van der Waals surface area contributed by atoms with Gasteiger partial charge >= 0.3 is 0 Å². The first-order valence-corrected chi connectivity index (χ1v) is 24.7. The van der Waals surface area contributed by atoms with Gasteiger partial charge in [-0.2, -0.15) is 0 Å². The number of aromatic nitrogens is 6. The van der Waals surface area contributed by atoms with E-state index in [0.29, 0.717) is 6.42 Å². The molecule has 9 rings (SSSR count). The Hall–Kier alpha value is -5.79. The molecule has 0 fully saturated rings. The van der Waals surface area contributed by atoms with Gasteiger partial charge < -0.3 is 5.32 Å². The van der Waals surface area contributed by atoms with Crippen LogP contribution in [0.4, 0.5) is 0 Å². The molecule has 0 aliphatic carbocycles. The summed E-state index contributed by atoms with van der Waals surface area (Å²) < 4.78 is 0. The number of aryl methyl sites for hydroxylation is 1. The maximum Gasteiger partial charge on any atom is 0.219 e. The number of amides is 1. The van der Waals surface area contributed by atoms with Crippen LogP contribution in [0.15, 0.2) is 140 Å². The fraction of sp³-hybridized carbons (Fsp3) is 0.362. The monoisotopic (exact) mass is 979 g/mol. The van der Waals surface area contributed by atoms with Crippen LogP contribution in [0.3, 0.4) is 0 Å². The van der Waals surface area contributed by atoms with Crippen molar-refractivity contribution in [3.8, 4) is 0 Å². The zero-order valence-electron chi connectivity index (χ0n) is 39.4. The van der Waals surface area contributed by atoms with Gasteiger partial charge in [-0.1, -0.05) is 164 Å². The second-order valence-electron chi connectivity index (χ2n) is 17.4. The molecule has 0 bridgehead atoms. The van der Waals surface area contributed by atoms with E-state index >= 15 is 0 Å². The molecule has 6 heterocycles. The van der Waals surface area contributed by atoms with Crippen molar-refractivity contribution in [1.29, 1.82) is 0 Å². The van der Waals surface area contributed by atoms with E-state index < -0.39 is 0 Å². The number of carbonyl (C=O) groups excluding carboxylic acids is 1. The number of hydrogen-bond acceptors (Lipinski definition) is 7. The number of hydrogen-bond donors (Lipinski definition) is 1. The molecule has 6 aromatic heterocycles. The molecular weight excluding hydrogens is 912 g/mol. The van der Waals surface area contributed by atoms with Gasteiger partial charge in [-0.15, -0.1) is 0 Å². The van der Waals surface area contributed by atoms with Gasteiger partial charge in [0, 0.05) is 102 Å². The summed E-state index contributed by atoms with van der Waals surface area (Å²) in [6.45, 7) is 3.05. The minimum absolute atomic E-state index is 0. The maximum absolute atomic E-state index is 12.2. The Labute approximate surface area is 410 Å². The zero-order chi connectivity index (χ0) is 45.4. The van der Waals surface area contributed by atoms with Gasteiger partial charge in [0.25, 0.3) is 0 Å². The van der Waals surface area contributed by atoms with Crippen molar-refractivity contribution in [1.82, 2.24) is 35.2 Å². The Balaban J connectivity index is 0.000000204. The molecule has 0 atom stereocenters. The van der Waals surface area contributed by atoms with E-state index in [0.717, 1.165) is 92.3 Å². The third-order valence-corrected chi connectivity index (χ3v) is 12.5. The van der Waals surface area contributed by atoms with Crippen molar-refractivity contribution in [3.05, 3.63) is 146 Å². The predicted octanol–water partition coefficient (Wildman–Crippen LogP) is 15.0. The Morgan fingerprint density at radius 3 is 1.16 bits per heavy atom. The van der Waals surface area contributed by atoms with Crippen LogP contribution in [0.1, 0.15) is 128 Å². The normalized spacial score (nSPS) is 11.0. The molecule has 0 aliphatic heterocycles. The van der Waals surface area contributed by atoms with Crippen molar-refractivity contribution in [2.75, 3.05) is 6.54 Å². The van der Waals surface area contributed by atoms with Crippen LogP contribution < -0.4 is 5.32 Å². The molecule has 1 amide bonds. The molecule has 348 valence electrons. The SMILES string of the molecule is CCCCCCCCCCCCCCCCCC(=O)NCCCCc1ccnc2c1ccc1cccnc12.[Ru].c1cnc2c(c1)ccc1cccnc12.c1cnc2c(c1)ccc1cccnc12. The first kappa shape index (κ1) is 50.6. The minimum atomic E-state index is 0. The molecule has 0 aliphatic rings. The molecule has 0 saturated heterocycles. The summed E-state index contributed by atoms with van der Waals surface area (Å²) in [6, 6.07) is 34.7. The van der Waals surface area contributed by atoms with Crippen LogP contribution >= 0.6 is 0 Å². The van der Waals surface area contributed by atoms with Gasteiger partial charge in [0.15, 0.2) is 0 Å². The van der Waals surface area contributed by atoms with E-state index in [1.165, 1.54) is 101 Å². The Bertz CT molecular complexity index is 2670. The summed E-state index contributed by atoms with van der Waals surface area (Å²) in [7, 11) is 0. The van der Waals surface area contributed by atoms with E-state index in [4.69, 9.17) is 0 Å². The number of pyridine rings is 6. The number of fused-ring (bicyclic) bond motifs is 9. The fourth-order valence-electron chi connectivity index (χ4n) is 8.80. The Kier molecular flexibility index (Phi) is 21.5. The average molecular weight is 979 g/mol. The molecule has 67 heavy (non-hydrogen) atoms. The minimum Gasteiger partial charge on any atom is -0.356 e. The number of unbranched alkanes of at least 4 members (excludes halogenated alkanes) is 15. The molecule has 0 radical (unpaired) electrons. The second kappa shape index (κ2) is 28.4. The van der Waals surface area contributed by atoms with E-state index in [2.05, 4.69) is 115 Å². The number of benzene rings is 3. The quantitative estimate of drug-likeness (QED) is 0.0434. The first-order chi connectivity index (χ1) is 32.7. The zero-order valence-corrected chi connectivity index (χ0v) is 41.1. The van der Waals surface area contributed by atoms with Crippen LogP contribution in [0.25, 0.3) is 65.4 Å². The summed E-state index contributed by atoms with van der Waals surface area (Å²) in [5.74, 6) is 0.214. The third kappa shape index (κ3) is 15.4. The second-order valence-corrected chi connectivity index (χ2v) is 17.4. The van der Waals surface area contributed by atoms with Crippen molar-refractivity contribution < 1.29 is 24.3 Å². The summed E-state index contributed by atoms with van der Waals surface area (Å²) >= 11 is 0. The summed E-state index contributed by atoms with van der Waals surface area (Å²) in [6.07, 6.45) is 35.0. The van der Waals surface area contributed by atoms with Crippen LogP contribution in [-0.4, -0.2) is 42.4 Å². The largest absolute Gasteiger partial charge is 0.356 e. The van der Waals surface area contributed by atoms with E-state index in [9.17, 15) is 4.79 Å². The molecule has 9 aromatic rings. The molecular formula is C58H67N7ORu. The molecule has 3 aromatic carbocycles. The van der Waals surface area contributed by atoms with E-state index in [1.807, 2.05) is 42.7 Å². The van der Waals surface area contributed by atoms with Crippen LogP contribution in [0.2, 0.25) is 0 Å². The van der Waals surface area contributed by atoms with Gasteiger partial charge in [0.1, 0.15) is 0 Å². The topological polar surface area (TPSA) is 106 Å². The first-order valence-electron chi connectivity index (χ1n) is 24.7. The van der Waals surface area contributed by atoms with E-state index in [1.54, 1.807) is 24.8 Å². The van der Waals surface area contributed by atoms with Gasteiger partial charge in [0.2, 0.25) is 5.91 Å². The molecule has 1 N–H and O–H groups in total. The van der Waals surface area contributed by atoms with Crippen molar-refractivity contribution in [2.24, 2.45) is 0 Å². The number of rotatable bonds is 21. The van der Waals surface area contributed by atoms with Gasteiger partial charge in [0.05, 0.1) is 33.1 Å². The molecule has 9 heteroatoms. The van der Waals surface area contributed by atoms with Gasteiger partial charge in [-0.05, 0) is 67.6 Å². The average Bonchev–Trinajstić information content (AvgIpc) is 3.37. The van der Waals surface area contributed by atoms with Crippen molar-refractivity contribution >= 4 is 71.3 Å². The predicted molar refractivity (Wildman–Crippen MR) is 277 cm³/mol. The summed E-state index contributed by atoms with van der Waals surface area (Å²) in [5.41, 5.74) is 7.18. The fourth-order valence-corrected chi connectivity index (χ4v) is 8.80. The number of carbonyl (C=O) groups is 1. The van der Waals surface area contributed by atoms with Gasteiger partial charge in [-0.25, -0.2) is 0 Å². The van der Waals surface area contributed by atoms with E-state index in [-0.39, 0.29) is 25.4 Å². The van der Waals surface area contributed by atoms with Crippen LogP contribution in [0, 0.1) is 0 Å². The van der Waals surface area contributed by atoms with Crippen molar-refractivity contribution in [2.45, 2.75) is 129 Å². The van der Waals surface area contributed by atoms with Crippen LogP contribution in [-0.2, 0) is 30.7 Å². The smallest absolute Gasteiger partial charge is 0.219 e. The maximum atomic E-state index is 12.2. The molecule has 8 nitrogen and oxygen atoms in total.